The highest BCUT2D eigenvalue weighted by Gasteiger charge is 2.07. The van der Waals surface area contributed by atoms with E-state index in [9.17, 15) is 8.78 Å². The smallest absolute Gasteiger partial charge is 0.136 e. The van der Waals surface area contributed by atoms with Crippen LogP contribution in [0.5, 0.6) is 0 Å². The molecular weight excluding hydrogens is 212 g/mol. The second kappa shape index (κ2) is 4.22. The van der Waals surface area contributed by atoms with Crippen LogP contribution >= 0.6 is 0 Å². The van der Waals surface area contributed by atoms with Gasteiger partial charge in [0.1, 0.15) is 23.3 Å². The molecule has 2 aromatic rings. The van der Waals surface area contributed by atoms with E-state index >= 15 is 0 Å². The third-order valence-electron chi connectivity index (χ3n) is 2.10. The van der Waals surface area contributed by atoms with Crippen LogP contribution in [0.4, 0.5) is 20.4 Å². The highest BCUT2D eigenvalue weighted by Crippen LogP contribution is 2.19. The number of halogens is 2. The maximum atomic E-state index is 13.0. The standard InChI is InChI=1S/C11H9F2N3/c1-16(10-6-8(12)2-4-14-10)11-7-9(13)3-5-15-11/h2-7H,1H3. The zero-order valence-electron chi connectivity index (χ0n) is 8.56. The first kappa shape index (κ1) is 10.5. The summed E-state index contributed by atoms with van der Waals surface area (Å²) in [5, 5.41) is 0. The molecule has 0 aliphatic rings. The summed E-state index contributed by atoms with van der Waals surface area (Å²) in [5.74, 6) is -0.0438. The van der Waals surface area contributed by atoms with E-state index < -0.39 is 11.6 Å². The van der Waals surface area contributed by atoms with Crippen LogP contribution in [0.15, 0.2) is 36.7 Å². The van der Waals surface area contributed by atoms with Crippen LogP contribution in [0.1, 0.15) is 0 Å². The minimum atomic E-state index is -0.395. The largest absolute Gasteiger partial charge is 0.314 e. The fourth-order valence-electron chi connectivity index (χ4n) is 1.27. The van der Waals surface area contributed by atoms with Crippen molar-refractivity contribution in [1.29, 1.82) is 0 Å². The van der Waals surface area contributed by atoms with E-state index in [0.29, 0.717) is 11.6 Å². The van der Waals surface area contributed by atoms with Crippen molar-refractivity contribution < 1.29 is 8.78 Å². The molecule has 2 aromatic heterocycles. The quantitative estimate of drug-likeness (QED) is 0.780. The molecule has 0 bridgehead atoms. The fraction of sp³-hybridized carbons (Fsp3) is 0.0909. The van der Waals surface area contributed by atoms with Gasteiger partial charge in [-0.25, -0.2) is 18.7 Å². The van der Waals surface area contributed by atoms with Crippen molar-refractivity contribution in [2.45, 2.75) is 0 Å². The maximum absolute atomic E-state index is 13.0. The summed E-state index contributed by atoms with van der Waals surface area (Å²) >= 11 is 0. The van der Waals surface area contributed by atoms with Gasteiger partial charge in [0.2, 0.25) is 0 Å². The van der Waals surface area contributed by atoms with Gasteiger partial charge in [-0.15, -0.1) is 0 Å². The first-order valence-electron chi connectivity index (χ1n) is 4.63. The molecule has 16 heavy (non-hydrogen) atoms. The van der Waals surface area contributed by atoms with E-state index in [1.54, 1.807) is 7.05 Å². The molecular formula is C11H9F2N3. The van der Waals surface area contributed by atoms with Crippen molar-refractivity contribution in [1.82, 2.24) is 9.97 Å². The highest BCUT2D eigenvalue weighted by atomic mass is 19.1. The van der Waals surface area contributed by atoms with Crippen molar-refractivity contribution in [3.8, 4) is 0 Å². The summed E-state index contributed by atoms with van der Waals surface area (Å²) in [6.45, 7) is 0. The molecule has 0 amide bonds. The minimum absolute atomic E-state index is 0.373. The molecule has 2 rings (SSSR count). The van der Waals surface area contributed by atoms with Crippen LogP contribution in [0, 0.1) is 11.6 Å². The van der Waals surface area contributed by atoms with Crippen LogP contribution in [-0.2, 0) is 0 Å². The van der Waals surface area contributed by atoms with Crippen molar-refractivity contribution in [3.63, 3.8) is 0 Å². The van der Waals surface area contributed by atoms with Crippen LogP contribution in [0.2, 0.25) is 0 Å². The van der Waals surface area contributed by atoms with E-state index in [2.05, 4.69) is 9.97 Å². The maximum Gasteiger partial charge on any atom is 0.136 e. The molecule has 82 valence electrons. The van der Waals surface area contributed by atoms with Crippen LogP contribution in [0.3, 0.4) is 0 Å². The molecule has 0 fully saturated rings. The predicted molar refractivity (Wildman–Crippen MR) is 56.5 cm³/mol. The predicted octanol–water partition coefficient (Wildman–Crippen LogP) is 2.52. The van der Waals surface area contributed by atoms with E-state index in [1.165, 1.54) is 41.6 Å². The second-order valence-corrected chi connectivity index (χ2v) is 3.22. The molecule has 0 aromatic carbocycles. The summed E-state index contributed by atoms with van der Waals surface area (Å²) in [6.07, 6.45) is 2.70. The lowest BCUT2D eigenvalue weighted by Crippen LogP contribution is -2.12. The van der Waals surface area contributed by atoms with Crippen LogP contribution in [0.25, 0.3) is 0 Å². The number of hydrogen-bond donors (Lipinski definition) is 0. The third kappa shape index (κ3) is 2.13. The van der Waals surface area contributed by atoms with E-state index in [4.69, 9.17) is 0 Å². The number of nitrogens with zero attached hydrogens (tertiary/aromatic N) is 3. The van der Waals surface area contributed by atoms with Gasteiger partial charge in [0.05, 0.1) is 0 Å². The lowest BCUT2D eigenvalue weighted by Gasteiger charge is -2.16. The Morgan fingerprint density at radius 2 is 1.38 bits per heavy atom. The van der Waals surface area contributed by atoms with Gasteiger partial charge in [-0.2, -0.15) is 0 Å². The van der Waals surface area contributed by atoms with Crippen molar-refractivity contribution in [3.05, 3.63) is 48.3 Å². The molecule has 0 aliphatic carbocycles. The van der Waals surface area contributed by atoms with Crippen molar-refractivity contribution in [2.24, 2.45) is 0 Å². The van der Waals surface area contributed by atoms with Gasteiger partial charge < -0.3 is 4.90 Å². The number of rotatable bonds is 2. The molecule has 0 aliphatic heterocycles. The first-order chi connectivity index (χ1) is 7.66. The van der Waals surface area contributed by atoms with Gasteiger partial charge in [0.25, 0.3) is 0 Å². The van der Waals surface area contributed by atoms with Gasteiger partial charge in [-0.1, -0.05) is 0 Å². The van der Waals surface area contributed by atoms with Gasteiger partial charge >= 0.3 is 0 Å². The number of anilines is 2. The lowest BCUT2D eigenvalue weighted by molar-refractivity contribution is 0.624. The molecule has 3 nitrogen and oxygen atoms in total. The molecule has 5 heteroatoms. The van der Waals surface area contributed by atoms with Gasteiger partial charge in [-0.3, -0.25) is 0 Å². The van der Waals surface area contributed by atoms with Crippen molar-refractivity contribution >= 4 is 11.6 Å². The average Bonchev–Trinajstić information content (AvgIpc) is 2.28. The monoisotopic (exact) mass is 221 g/mol. The van der Waals surface area contributed by atoms with Gasteiger partial charge in [0, 0.05) is 31.6 Å². The molecule has 0 unspecified atom stereocenters. The Balaban J connectivity index is 2.35. The zero-order chi connectivity index (χ0) is 11.5. The van der Waals surface area contributed by atoms with Crippen molar-refractivity contribution in [2.75, 3.05) is 11.9 Å². The Hall–Kier alpha value is -2.04. The summed E-state index contributed by atoms with van der Waals surface area (Å²) in [5.41, 5.74) is 0. The summed E-state index contributed by atoms with van der Waals surface area (Å²) in [6, 6.07) is 5.01. The molecule has 0 saturated heterocycles. The van der Waals surface area contributed by atoms with E-state index in [1.807, 2.05) is 0 Å². The molecule has 0 atom stereocenters. The molecule has 0 N–H and O–H groups in total. The Morgan fingerprint density at radius 1 is 0.938 bits per heavy atom. The average molecular weight is 221 g/mol. The Bertz CT molecular complexity index is 457. The SMILES string of the molecule is CN(c1cc(F)ccn1)c1cc(F)ccn1. The topological polar surface area (TPSA) is 29.0 Å². The zero-order valence-corrected chi connectivity index (χ0v) is 8.56. The van der Waals surface area contributed by atoms with Crippen LogP contribution < -0.4 is 4.90 Å². The Kier molecular flexibility index (Phi) is 2.76. The second-order valence-electron chi connectivity index (χ2n) is 3.22. The summed E-state index contributed by atoms with van der Waals surface area (Å²) < 4.78 is 25.9. The first-order valence-corrected chi connectivity index (χ1v) is 4.63. The highest BCUT2D eigenvalue weighted by molar-refractivity contribution is 5.54. The van der Waals surface area contributed by atoms with Gasteiger partial charge in [0.15, 0.2) is 0 Å². The lowest BCUT2D eigenvalue weighted by atomic mass is 10.4. The number of hydrogen-bond acceptors (Lipinski definition) is 3. The van der Waals surface area contributed by atoms with E-state index in [-0.39, 0.29) is 0 Å². The molecule has 0 saturated carbocycles. The number of pyridine rings is 2. The van der Waals surface area contributed by atoms with Gasteiger partial charge in [-0.05, 0) is 12.1 Å². The van der Waals surface area contributed by atoms with E-state index in [0.717, 1.165) is 0 Å². The number of aromatic nitrogens is 2. The van der Waals surface area contributed by atoms with Crippen LogP contribution in [-0.4, -0.2) is 17.0 Å². The fourth-order valence-corrected chi connectivity index (χ4v) is 1.27. The normalized spacial score (nSPS) is 10.2. The molecule has 2 heterocycles. The molecule has 0 radical (unpaired) electrons. The Morgan fingerprint density at radius 3 is 1.75 bits per heavy atom. The Labute approximate surface area is 91.4 Å². The summed E-state index contributed by atoms with van der Waals surface area (Å²) in [4.78, 5) is 9.44. The molecule has 0 spiro atoms. The summed E-state index contributed by atoms with van der Waals surface area (Å²) in [7, 11) is 1.64. The third-order valence-corrected chi connectivity index (χ3v) is 2.10. The minimum Gasteiger partial charge on any atom is -0.314 e.